The summed E-state index contributed by atoms with van der Waals surface area (Å²) in [5.74, 6) is 0.342. The quantitative estimate of drug-likeness (QED) is 0.680. The molecular formula is C18H23ClFN. The van der Waals surface area contributed by atoms with Crippen LogP contribution in [0.5, 0.6) is 0 Å². The molecule has 0 N–H and O–H groups in total. The van der Waals surface area contributed by atoms with Crippen LogP contribution in [0.4, 0.5) is 4.39 Å². The van der Waals surface area contributed by atoms with Crippen molar-refractivity contribution < 1.29 is 4.39 Å². The highest BCUT2D eigenvalue weighted by molar-refractivity contribution is 6.31. The summed E-state index contributed by atoms with van der Waals surface area (Å²) < 4.78 is 13.1. The van der Waals surface area contributed by atoms with E-state index in [1.54, 1.807) is 6.07 Å². The highest BCUT2D eigenvalue weighted by Gasteiger charge is 2.39. The highest BCUT2D eigenvalue weighted by atomic mass is 35.5. The highest BCUT2D eigenvalue weighted by Crippen LogP contribution is 2.47. The molecule has 0 atom stereocenters. The van der Waals surface area contributed by atoms with Crippen LogP contribution in [0.3, 0.4) is 0 Å². The molecule has 1 aliphatic rings. The Kier molecular flexibility index (Phi) is 4.63. The summed E-state index contributed by atoms with van der Waals surface area (Å²) in [7, 11) is 0. The fourth-order valence-electron chi connectivity index (χ4n) is 3.39. The van der Waals surface area contributed by atoms with Crippen molar-refractivity contribution in [2.45, 2.75) is 52.9 Å². The largest absolute Gasteiger partial charge is 0.207 e. The van der Waals surface area contributed by atoms with Gasteiger partial charge in [-0.15, -0.1) is 0 Å². The summed E-state index contributed by atoms with van der Waals surface area (Å²) in [4.78, 5) is 0. The number of hydrogen-bond acceptors (Lipinski definition) is 1. The standard InChI is InChI=1S/C18H23ClFN/c1-17(2,3)14-6-8-18(12-21,9-7-14)11-13-4-5-15(20)10-16(13)19/h4-5,10,14H,6-9,11H2,1-3H3. The molecule has 2 rings (SSSR count). The van der Waals surface area contributed by atoms with E-state index in [-0.39, 0.29) is 11.2 Å². The van der Waals surface area contributed by atoms with Crippen molar-refractivity contribution in [3.63, 3.8) is 0 Å². The van der Waals surface area contributed by atoms with Gasteiger partial charge in [0.2, 0.25) is 0 Å². The summed E-state index contributed by atoms with van der Waals surface area (Å²) in [5.41, 5.74) is 0.840. The van der Waals surface area contributed by atoms with E-state index in [9.17, 15) is 9.65 Å². The first-order valence-electron chi connectivity index (χ1n) is 7.61. The lowest BCUT2D eigenvalue weighted by atomic mass is 9.63. The molecule has 0 amide bonds. The van der Waals surface area contributed by atoms with Crippen molar-refractivity contribution in [2.75, 3.05) is 0 Å². The van der Waals surface area contributed by atoms with Crippen LogP contribution in [0.2, 0.25) is 5.02 Å². The minimum atomic E-state index is -0.344. The summed E-state index contributed by atoms with van der Waals surface area (Å²) >= 11 is 6.12. The Morgan fingerprint density at radius 3 is 2.43 bits per heavy atom. The third-order valence-corrected chi connectivity index (χ3v) is 5.30. The fourth-order valence-corrected chi connectivity index (χ4v) is 3.63. The number of nitriles is 1. The Balaban J connectivity index is 2.12. The third-order valence-electron chi connectivity index (χ3n) is 4.95. The molecular weight excluding hydrogens is 285 g/mol. The lowest BCUT2D eigenvalue weighted by Crippen LogP contribution is -2.33. The molecule has 1 nitrogen and oxygen atoms in total. The van der Waals surface area contributed by atoms with Gasteiger partial charge in [-0.05, 0) is 61.1 Å². The van der Waals surface area contributed by atoms with Gasteiger partial charge >= 0.3 is 0 Å². The van der Waals surface area contributed by atoms with E-state index in [1.165, 1.54) is 12.1 Å². The summed E-state index contributed by atoms with van der Waals surface area (Å²) in [5, 5.41) is 10.1. The lowest BCUT2D eigenvalue weighted by Gasteiger charge is -2.40. The predicted molar refractivity (Wildman–Crippen MR) is 84.6 cm³/mol. The van der Waals surface area contributed by atoms with E-state index in [0.717, 1.165) is 31.2 Å². The average molecular weight is 308 g/mol. The molecule has 0 heterocycles. The molecule has 0 radical (unpaired) electrons. The molecule has 1 aromatic carbocycles. The zero-order valence-corrected chi connectivity index (χ0v) is 13.8. The van der Waals surface area contributed by atoms with E-state index in [2.05, 4.69) is 26.8 Å². The maximum absolute atomic E-state index is 13.1. The summed E-state index contributed by atoms with van der Waals surface area (Å²) in [6, 6.07) is 7.00. The second-order valence-electron chi connectivity index (χ2n) is 7.44. The van der Waals surface area contributed by atoms with Gasteiger partial charge in [-0.25, -0.2) is 4.39 Å². The fraction of sp³-hybridized carbons (Fsp3) is 0.611. The Labute approximate surface area is 132 Å². The van der Waals surface area contributed by atoms with Gasteiger partial charge in [-0.3, -0.25) is 0 Å². The van der Waals surface area contributed by atoms with Gasteiger partial charge in [0.15, 0.2) is 0 Å². The molecule has 0 unspecified atom stereocenters. The molecule has 21 heavy (non-hydrogen) atoms. The Morgan fingerprint density at radius 2 is 1.95 bits per heavy atom. The molecule has 3 heteroatoms. The van der Waals surface area contributed by atoms with Crippen molar-refractivity contribution in [3.05, 3.63) is 34.6 Å². The van der Waals surface area contributed by atoms with Crippen LogP contribution in [0.15, 0.2) is 18.2 Å². The van der Waals surface area contributed by atoms with Gasteiger partial charge in [0.05, 0.1) is 11.5 Å². The predicted octanol–water partition coefficient (Wildman–Crippen LogP) is 5.77. The van der Waals surface area contributed by atoms with Crippen LogP contribution in [0.1, 0.15) is 52.0 Å². The topological polar surface area (TPSA) is 23.8 Å². The normalized spacial score (nSPS) is 26.4. The summed E-state index contributed by atoms with van der Waals surface area (Å²) in [6.07, 6.45) is 4.59. The van der Waals surface area contributed by atoms with Crippen molar-refractivity contribution in [1.29, 1.82) is 5.26 Å². The molecule has 114 valence electrons. The molecule has 0 aromatic heterocycles. The van der Waals surface area contributed by atoms with Crippen molar-refractivity contribution in [1.82, 2.24) is 0 Å². The van der Waals surface area contributed by atoms with Gasteiger partial charge < -0.3 is 0 Å². The van der Waals surface area contributed by atoms with Gasteiger partial charge in [0.25, 0.3) is 0 Å². The third kappa shape index (κ3) is 3.77. The average Bonchev–Trinajstić information content (AvgIpc) is 2.41. The van der Waals surface area contributed by atoms with Crippen LogP contribution in [-0.2, 0) is 6.42 Å². The maximum Gasteiger partial charge on any atom is 0.124 e. The van der Waals surface area contributed by atoms with E-state index in [0.29, 0.717) is 22.8 Å². The maximum atomic E-state index is 13.1. The molecule has 0 aliphatic heterocycles. The van der Waals surface area contributed by atoms with Gasteiger partial charge in [0.1, 0.15) is 5.82 Å². The Hall–Kier alpha value is -1.07. The van der Waals surface area contributed by atoms with E-state index < -0.39 is 0 Å². The second kappa shape index (κ2) is 5.97. The molecule has 1 saturated carbocycles. The van der Waals surface area contributed by atoms with Crippen LogP contribution < -0.4 is 0 Å². The minimum Gasteiger partial charge on any atom is -0.207 e. The first-order valence-corrected chi connectivity index (χ1v) is 7.99. The van der Waals surface area contributed by atoms with Crippen LogP contribution in [-0.4, -0.2) is 0 Å². The molecule has 1 fully saturated rings. The monoisotopic (exact) mass is 307 g/mol. The molecule has 0 spiro atoms. The van der Waals surface area contributed by atoms with Crippen molar-refractivity contribution in [3.8, 4) is 6.07 Å². The Morgan fingerprint density at radius 1 is 1.33 bits per heavy atom. The molecule has 1 aromatic rings. The van der Waals surface area contributed by atoms with E-state index in [4.69, 9.17) is 11.6 Å². The minimum absolute atomic E-state index is 0.301. The van der Waals surface area contributed by atoms with Crippen LogP contribution in [0, 0.1) is 33.9 Å². The zero-order valence-electron chi connectivity index (χ0n) is 13.0. The van der Waals surface area contributed by atoms with Crippen LogP contribution >= 0.6 is 11.6 Å². The van der Waals surface area contributed by atoms with Crippen molar-refractivity contribution in [2.24, 2.45) is 16.7 Å². The molecule has 1 aliphatic carbocycles. The number of rotatable bonds is 2. The summed E-state index contributed by atoms with van der Waals surface area (Å²) in [6.45, 7) is 6.82. The lowest BCUT2D eigenvalue weighted by molar-refractivity contribution is 0.120. The van der Waals surface area contributed by atoms with Crippen LogP contribution in [0.25, 0.3) is 0 Å². The number of halogens is 2. The SMILES string of the molecule is CC(C)(C)C1CCC(C#N)(Cc2ccc(F)cc2Cl)CC1. The molecule has 0 saturated heterocycles. The number of hydrogen-bond donors (Lipinski definition) is 0. The van der Waals surface area contributed by atoms with Gasteiger partial charge in [-0.2, -0.15) is 5.26 Å². The number of nitrogens with zero attached hydrogens (tertiary/aromatic N) is 1. The number of benzene rings is 1. The van der Waals surface area contributed by atoms with Gasteiger partial charge in [0, 0.05) is 5.02 Å². The smallest absolute Gasteiger partial charge is 0.124 e. The van der Waals surface area contributed by atoms with E-state index in [1.807, 2.05) is 0 Å². The first-order chi connectivity index (χ1) is 9.76. The van der Waals surface area contributed by atoms with E-state index >= 15 is 0 Å². The first kappa shape index (κ1) is 16.3. The Bertz CT molecular complexity index is 545. The molecule has 0 bridgehead atoms. The van der Waals surface area contributed by atoms with Crippen molar-refractivity contribution >= 4 is 11.6 Å². The van der Waals surface area contributed by atoms with Gasteiger partial charge in [-0.1, -0.05) is 38.4 Å². The second-order valence-corrected chi connectivity index (χ2v) is 7.85. The zero-order chi connectivity index (χ0) is 15.7.